The maximum atomic E-state index is 11.9. The van der Waals surface area contributed by atoms with Crippen LogP contribution in [0.4, 0.5) is 0 Å². The van der Waals surface area contributed by atoms with Crippen molar-refractivity contribution >= 4 is 19.2 Å². The predicted molar refractivity (Wildman–Crippen MR) is 90.8 cm³/mol. The minimum Gasteiger partial charge on any atom is -0.379 e. The molecule has 1 aromatic carbocycles. The number of hydrogen-bond donors (Lipinski definition) is 0. The summed E-state index contributed by atoms with van der Waals surface area (Å²) in [6.07, 6.45) is 0. The molecule has 1 aromatic rings. The van der Waals surface area contributed by atoms with E-state index in [4.69, 9.17) is 14.5 Å². The lowest BCUT2D eigenvalue weighted by Gasteiger charge is -2.25. The molecule has 1 rings (SSSR count). The maximum Gasteiger partial charge on any atom is 0.373 e. The molecule has 0 aromatic heterocycles. The van der Waals surface area contributed by atoms with Gasteiger partial charge in [0.25, 0.3) is 0 Å². The Kier molecular flexibility index (Phi) is 8.09. The summed E-state index contributed by atoms with van der Waals surface area (Å²) < 4.78 is 5.09. The number of hydrogen-bond acceptors (Lipinski definition) is 4. The lowest BCUT2D eigenvalue weighted by atomic mass is 10.2. The number of carbonyl (C=O) groups excluding carboxylic acids is 1. The molecule has 0 saturated carbocycles. The Morgan fingerprint density at radius 2 is 1.77 bits per heavy atom. The highest BCUT2D eigenvalue weighted by molar-refractivity contribution is 6.95. The van der Waals surface area contributed by atoms with Crippen molar-refractivity contribution in [2.45, 2.75) is 32.9 Å². The number of rotatable bonds is 10. The summed E-state index contributed by atoms with van der Waals surface area (Å²) >= 11 is 0. The van der Waals surface area contributed by atoms with Crippen LogP contribution in [0.25, 0.3) is 0 Å². The van der Waals surface area contributed by atoms with E-state index >= 15 is 0 Å². The van der Waals surface area contributed by atoms with Crippen molar-refractivity contribution in [2.24, 2.45) is 0 Å². The van der Waals surface area contributed by atoms with Gasteiger partial charge >= 0.3 is 5.97 Å². The molecule has 0 aliphatic rings. The fraction of sp³-hybridized carbons (Fsp3) is 0.471. The third-order valence-corrected chi connectivity index (χ3v) is 8.79. The minimum atomic E-state index is -1.63. The summed E-state index contributed by atoms with van der Waals surface area (Å²) in [5.74, 6) is -0.484. The first-order valence-corrected chi connectivity index (χ1v) is 10.3. The summed E-state index contributed by atoms with van der Waals surface area (Å²) in [5.41, 5.74) is 2.61. The van der Waals surface area contributed by atoms with E-state index < -0.39 is 14.0 Å². The average Bonchev–Trinajstić information content (AvgIpc) is 2.57. The van der Waals surface area contributed by atoms with Crippen molar-refractivity contribution in [1.29, 1.82) is 0 Å². The fourth-order valence-corrected chi connectivity index (χ4v) is 5.34. The van der Waals surface area contributed by atoms with Crippen molar-refractivity contribution in [1.82, 2.24) is 0 Å². The molecule has 4 nitrogen and oxygen atoms in total. The van der Waals surface area contributed by atoms with Gasteiger partial charge in [-0.3, -0.25) is 4.89 Å². The third-order valence-electron chi connectivity index (χ3n) is 4.00. The smallest absolute Gasteiger partial charge is 0.373 e. The molecule has 0 aliphatic heterocycles. The quantitative estimate of drug-likeness (QED) is 0.287. The molecule has 0 spiro atoms. The Morgan fingerprint density at radius 3 is 2.27 bits per heavy atom. The summed E-state index contributed by atoms with van der Waals surface area (Å²) in [5, 5.41) is 1.29. The molecule has 0 bridgehead atoms. The monoisotopic (exact) mass is 322 g/mol. The zero-order chi connectivity index (χ0) is 16.4. The standard InChI is InChI=1S/C17H26O4Si/c1-5-19-13-14-20-21-17(18)15-9-11-16(12-10-15)22(6-2,7-3)8-4/h6,9-12H,2,5,7-8,13-14H2,1,3-4H3. The first-order valence-electron chi connectivity index (χ1n) is 7.79. The van der Waals surface area contributed by atoms with E-state index in [1.54, 1.807) is 12.1 Å². The molecule has 122 valence electrons. The molecule has 0 atom stereocenters. The zero-order valence-electron chi connectivity index (χ0n) is 13.8. The van der Waals surface area contributed by atoms with Gasteiger partial charge in [0.15, 0.2) is 0 Å². The Morgan fingerprint density at radius 1 is 1.14 bits per heavy atom. The van der Waals surface area contributed by atoms with Crippen LogP contribution in [0.1, 0.15) is 31.1 Å². The van der Waals surface area contributed by atoms with Crippen molar-refractivity contribution in [2.75, 3.05) is 19.8 Å². The lowest BCUT2D eigenvalue weighted by molar-refractivity contribution is -0.247. The van der Waals surface area contributed by atoms with Crippen LogP contribution in [0.3, 0.4) is 0 Å². The molecule has 0 saturated heterocycles. The zero-order valence-corrected chi connectivity index (χ0v) is 14.8. The first kappa shape index (κ1) is 18.6. The highest BCUT2D eigenvalue weighted by Crippen LogP contribution is 2.17. The van der Waals surface area contributed by atoms with Gasteiger partial charge in [-0.1, -0.05) is 49.0 Å². The minimum absolute atomic E-state index is 0.232. The molecule has 5 heteroatoms. The van der Waals surface area contributed by atoms with Crippen molar-refractivity contribution in [3.8, 4) is 0 Å². The molecule has 22 heavy (non-hydrogen) atoms. The number of benzene rings is 1. The Hall–Kier alpha value is -1.43. The van der Waals surface area contributed by atoms with E-state index in [9.17, 15) is 4.79 Å². The molecule has 0 fully saturated rings. The Labute approximate surface area is 134 Å². The molecular formula is C17H26O4Si. The predicted octanol–water partition coefficient (Wildman–Crippen LogP) is 3.23. The molecular weight excluding hydrogens is 296 g/mol. The summed E-state index contributed by atoms with van der Waals surface area (Å²) in [4.78, 5) is 21.4. The topological polar surface area (TPSA) is 44.8 Å². The number of ether oxygens (including phenoxy) is 1. The van der Waals surface area contributed by atoms with Crippen molar-refractivity contribution in [3.63, 3.8) is 0 Å². The van der Waals surface area contributed by atoms with Gasteiger partial charge in [0.05, 0.1) is 12.2 Å². The van der Waals surface area contributed by atoms with E-state index in [1.165, 1.54) is 5.19 Å². The summed E-state index contributed by atoms with van der Waals surface area (Å²) in [6.45, 7) is 11.6. The normalized spacial score (nSPS) is 11.2. The molecule has 0 N–H and O–H groups in total. The van der Waals surface area contributed by atoms with Gasteiger partial charge in [0, 0.05) is 6.61 Å². The van der Waals surface area contributed by atoms with Gasteiger partial charge in [-0.15, -0.1) is 6.58 Å². The first-order chi connectivity index (χ1) is 10.6. The fourth-order valence-electron chi connectivity index (χ4n) is 2.38. The molecule has 0 amide bonds. The Bertz CT molecular complexity index is 466. The van der Waals surface area contributed by atoms with Gasteiger partial charge in [-0.25, -0.2) is 4.79 Å². The van der Waals surface area contributed by atoms with Gasteiger partial charge in [0.2, 0.25) is 0 Å². The number of carbonyl (C=O) groups is 1. The van der Waals surface area contributed by atoms with Crippen LogP contribution in [-0.4, -0.2) is 33.9 Å². The second kappa shape index (κ2) is 9.56. The van der Waals surface area contributed by atoms with E-state index in [2.05, 4.69) is 26.1 Å². The van der Waals surface area contributed by atoms with Crippen LogP contribution in [0.2, 0.25) is 12.1 Å². The highest BCUT2D eigenvalue weighted by Gasteiger charge is 2.27. The lowest BCUT2D eigenvalue weighted by Crippen LogP contribution is -2.44. The van der Waals surface area contributed by atoms with Crippen molar-refractivity contribution in [3.05, 3.63) is 42.1 Å². The molecule has 0 heterocycles. The van der Waals surface area contributed by atoms with Crippen LogP contribution in [0.5, 0.6) is 0 Å². The van der Waals surface area contributed by atoms with Gasteiger partial charge in [-0.05, 0) is 19.1 Å². The van der Waals surface area contributed by atoms with Crippen LogP contribution >= 0.6 is 0 Å². The maximum absolute atomic E-state index is 11.9. The molecule has 0 unspecified atom stereocenters. The summed E-state index contributed by atoms with van der Waals surface area (Å²) in [7, 11) is -1.63. The molecule has 0 radical (unpaired) electrons. The van der Waals surface area contributed by atoms with E-state index in [-0.39, 0.29) is 6.61 Å². The van der Waals surface area contributed by atoms with Crippen LogP contribution in [-0.2, 0) is 14.5 Å². The van der Waals surface area contributed by atoms with Gasteiger partial charge < -0.3 is 4.74 Å². The third kappa shape index (κ3) is 4.80. The SMILES string of the molecule is C=C[Si](CC)(CC)c1ccc(C(=O)OOCCOCC)cc1. The van der Waals surface area contributed by atoms with Crippen LogP contribution in [0.15, 0.2) is 36.5 Å². The van der Waals surface area contributed by atoms with Gasteiger partial charge in [0.1, 0.15) is 14.7 Å². The second-order valence-electron chi connectivity index (χ2n) is 5.03. The van der Waals surface area contributed by atoms with E-state index in [0.29, 0.717) is 18.8 Å². The van der Waals surface area contributed by atoms with E-state index in [0.717, 1.165) is 12.1 Å². The summed E-state index contributed by atoms with van der Waals surface area (Å²) in [6, 6.07) is 9.82. The van der Waals surface area contributed by atoms with Crippen LogP contribution < -0.4 is 5.19 Å². The average molecular weight is 322 g/mol. The van der Waals surface area contributed by atoms with Crippen molar-refractivity contribution < 1.29 is 19.3 Å². The highest BCUT2D eigenvalue weighted by atomic mass is 28.3. The largest absolute Gasteiger partial charge is 0.379 e. The van der Waals surface area contributed by atoms with Crippen LogP contribution in [0, 0.1) is 0 Å². The second-order valence-corrected chi connectivity index (χ2v) is 9.75. The Balaban J connectivity index is 2.64. The van der Waals surface area contributed by atoms with E-state index in [1.807, 2.05) is 19.1 Å². The molecule has 0 aliphatic carbocycles. The van der Waals surface area contributed by atoms with Gasteiger partial charge in [-0.2, -0.15) is 4.89 Å².